The Morgan fingerprint density at radius 3 is 1.75 bits per heavy atom. The SMILES string of the molecule is C.C[C@]12C=CC(=O)C=C1[C@@H](F)C[C@H]1[C@@H]3CC=C(C(=O)CO)[C@@]3(C)C[C@H](O)[C@@]12F.C[C@]12C=CC(=O)C=C1[C@@H](F)C[C@H]1[C@@H]3C[C@H]4CN(c5ccccc5)O[C@@]4(C(=O)CO)[C@@]3(C)C[C@H](O)[C@@]12F.ONc1ccccc1. The number of hydroxylamine groups is 1. The minimum absolute atomic E-state index is 0. The summed E-state index contributed by atoms with van der Waals surface area (Å²) >= 11 is 0. The zero-order chi connectivity index (χ0) is 51.3. The Balaban J connectivity index is 0.000000169. The maximum atomic E-state index is 17.4. The second kappa shape index (κ2) is 18.7. The summed E-state index contributed by atoms with van der Waals surface area (Å²) in [5, 5.41) is 51.7. The fourth-order valence-corrected chi connectivity index (χ4v) is 15.4. The van der Waals surface area contributed by atoms with Gasteiger partial charge in [0.25, 0.3) is 0 Å². The summed E-state index contributed by atoms with van der Waals surface area (Å²) in [6, 6.07) is 18.4. The minimum Gasteiger partial charge on any atom is -0.390 e. The van der Waals surface area contributed by atoms with Crippen molar-refractivity contribution in [3.8, 4) is 0 Å². The van der Waals surface area contributed by atoms with Crippen LogP contribution in [-0.4, -0.2) is 110 Å². The highest BCUT2D eigenvalue weighted by molar-refractivity contribution is 6.02. The van der Waals surface area contributed by atoms with E-state index < -0.39 is 106 Å². The van der Waals surface area contributed by atoms with Gasteiger partial charge in [0.15, 0.2) is 40.1 Å². The Hall–Kier alpha value is -5.10. The van der Waals surface area contributed by atoms with Crippen LogP contribution in [0.4, 0.5) is 28.9 Å². The number of carbonyl (C=O) groups excluding carboxylic acids is 4. The first-order chi connectivity index (χ1) is 33.5. The number of nitrogens with zero attached hydrogens (tertiary/aromatic N) is 1. The van der Waals surface area contributed by atoms with Gasteiger partial charge in [0.1, 0.15) is 25.6 Å². The molecule has 8 aliphatic carbocycles. The molecule has 5 saturated carbocycles. The van der Waals surface area contributed by atoms with Gasteiger partial charge in [-0.05, 0) is 129 Å². The number of ketones is 4. The summed E-state index contributed by atoms with van der Waals surface area (Å²) in [7, 11) is 0. The molecule has 0 unspecified atom stereocenters. The van der Waals surface area contributed by atoms with Gasteiger partial charge in [-0.15, -0.1) is 0 Å². The summed E-state index contributed by atoms with van der Waals surface area (Å²) < 4.78 is 64.7. The van der Waals surface area contributed by atoms with Crippen LogP contribution in [0.5, 0.6) is 0 Å². The van der Waals surface area contributed by atoms with Gasteiger partial charge in [-0.25, -0.2) is 17.6 Å². The average Bonchev–Trinajstić information content (AvgIpc) is 3.99. The van der Waals surface area contributed by atoms with Crippen molar-refractivity contribution in [1.29, 1.82) is 0 Å². The van der Waals surface area contributed by atoms with Gasteiger partial charge in [0, 0.05) is 39.4 Å². The molecule has 0 spiro atoms. The van der Waals surface area contributed by atoms with E-state index in [9.17, 15) is 39.6 Å². The maximum Gasteiger partial charge on any atom is 0.193 e. The summed E-state index contributed by atoms with van der Waals surface area (Å²) in [6.07, 6.45) is 3.80. The molecule has 1 saturated heterocycles. The van der Waals surface area contributed by atoms with Gasteiger partial charge in [0.2, 0.25) is 0 Å². The quantitative estimate of drug-likeness (QED) is 0.122. The van der Waals surface area contributed by atoms with Gasteiger partial charge in [-0.2, -0.15) is 0 Å². The van der Waals surface area contributed by atoms with Crippen LogP contribution in [-0.2, 0) is 24.0 Å². The molecule has 388 valence electrons. The van der Waals surface area contributed by atoms with E-state index in [-0.39, 0.29) is 67.7 Å². The van der Waals surface area contributed by atoms with E-state index >= 15 is 17.6 Å². The van der Waals surface area contributed by atoms with Gasteiger partial charge in [-0.3, -0.25) is 39.8 Å². The summed E-state index contributed by atoms with van der Waals surface area (Å²) in [4.78, 5) is 55.9. The Morgan fingerprint density at radius 2 is 1.25 bits per heavy atom. The highest BCUT2D eigenvalue weighted by Gasteiger charge is 2.80. The zero-order valence-corrected chi connectivity index (χ0v) is 40.1. The normalized spacial score (nSPS) is 42.6. The molecule has 6 fully saturated rings. The van der Waals surface area contributed by atoms with Crippen LogP contribution in [0.15, 0.2) is 120 Å². The van der Waals surface area contributed by atoms with E-state index in [1.54, 1.807) is 44.0 Å². The molecule has 9 aliphatic rings. The summed E-state index contributed by atoms with van der Waals surface area (Å²) in [5.74, 6) is -4.58. The van der Waals surface area contributed by atoms with Crippen molar-refractivity contribution >= 4 is 34.5 Å². The van der Waals surface area contributed by atoms with Gasteiger partial charge >= 0.3 is 0 Å². The van der Waals surface area contributed by atoms with Crippen LogP contribution in [0.25, 0.3) is 0 Å². The van der Waals surface area contributed by atoms with Crippen molar-refractivity contribution in [3.63, 3.8) is 0 Å². The molecule has 0 bridgehead atoms. The van der Waals surface area contributed by atoms with Crippen LogP contribution >= 0.6 is 0 Å². The number of benzene rings is 2. The third-order valence-electron chi connectivity index (χ3n) is 18.8. The molecular weight excluding hydrogens is 937 g/mol. The third kappa shape index (κ3) is 7.35. The summed E-state index contributed by atoms with van der Waals surface area (Å²) in [5.41, 5.74) is -6.47. The van der Waals surface area contributed by atoms with Gasteiger partial charge in [-0.1, -0.05) is 75.9 Å². The Labute approximate surface area is 417 Å². The van der Waals surface area contributed by atoms with Gasteiger partial charge in [0.05, 0.1) is 30.1 Å². The van der Waals surface area contributed by atoms with Crippen molar-refractivity contribution in [3.05, 3.63) is 120 Å². The number of allylic oxidation sites excluding steroid dienone is 9. The average molecular weight is 1000 g/mol. The number of para-hydroxylation sites is 2. The van der Waals surface area contributed by atoms with E-state index in [0.29, 0.717) is 30.6 Å². The van der Waals surface area contributed by atoms with Gasteiger partial charge < -0.3 is 20.4 Å². The van der Waals surface area contributed by atoms with Crippen molar-refractivity contribution in [1.82, 2.24) is 0 Å². The molecule has 12 nitrogen and oxygen atoms in total. The third-order valence-corrected chi connectivity index (χ3v) is 18.8. The maximum absolute atomic E-state index is 17.4. The first-order valence-electron chi connectivity index (χ1n) is 24.4. The molecule has 0 amide bonds. The number of anilines is 2. The molecule has 2 aromatic carbocycles. The minimum atomic E-state index is -2.22. The Bertz CT molecular complexity index is 2650. The molecular formula is C56H66F4N2O10. The van der Waals surface area contributed by atoms with E-state index in [2.05, 4.69) is 0 Å². The largest absolute Gasteiger partial charge is 0.390 e. The molecule has 1 heterocycles. The van der Waals surface area contributed by atoms with Crippen LogP contribution in [0, 0.1) is 51.2 Å². The van der Waals surface area contributed by atoms with E-state index in [0.717, 1.165) is 11.8 Å². The molecule has 16 atom stereocenters. The zero-order valence-electron chi connectivity index (χ0n) is 40.1. The number of halogens is 4. The number of aliphatic hydroxyl groups is 4. The van der Waals surface area contributed by atoms with Crippen LogP contribution in [0.2, 0.25) is 0 Å². The lowest BCUT2D eigenvalue weighted by atomic mass is 9.44. The first kappa shape index (κ1) is 53.2. The summed E-state index contributed by atoms with van der Waals surface area (Å²) in [6.45, 7) is 5.71. The number of hydrogen-bond acceptors (Lipinski definition) is 12. The smallest absolute Gasteiger partial charge is 0.193 e. The molecule has 6 N–H and O–H groups in total. The lowest BCUT2D eigenvalue weighted by Crippen LogP contribution is -2.70. The molecule has 2 aromatic rings. The van der Waals surface area contributed by atoms with Crippen molar-refractivity contribution in [2.45, 2.75) is 115 Å². The highest BCUT2D eigenvalue weighted by atomic mass is 19.2. The lowest BCUT2D eigenvalue weighted by Gasteiger charge is -2.63. The number of alkyl halides is 4. The number of carbonyl (C=O) groups is 4. The fraction of sp³-hybridized carbons (Fsp3) is 0.536. The van der Waals surface area contributed by atoms with Crippen molar-refractivity contribution in [2.24, 2.45) is 51.2 Å². The number of nitrogens with one attached hydrogen (secondary N) is 1. The van der Waals surface area contributed by atoms with Crippen LogP contribution in [0.3, 0.4) is 0 Å². The Morgan fingerprint density at radius 1 is 0.736 bits per heavy atom. The van der Waals surface area contributed by atoms with E-state index in [1.807, 2.05) is 60.9 Å². The van der Waals surface area contributed by atoms with E-state index in [4.69, 9.17) is 10.0 Å². The molecule has 11 rings (SSSR count). The molecule has 72 heavy (non-hydrogen) atoms. The highest BCUT2D eigenvalue weighted by Crippen LogP contribution is 2.73. The second-order valence-electron chi connectivity index (χ2n) is 21.9. The first-order valence-corrected chi connectivity index (χ1v) is 24.4. The number of rotatable bonds is 6. The molecule has 0 aromatic heterocycles. The molecule has 0 radical (unpaired) electrons. The topological polar surface area (TPSA) is 194 Å². The molecule has 16 heteroatoms. The molecule has 1 aliphatic heterocycles. The van der Waals surface area contributed by atoms with E-state index in [1.165, 1.54) is 30.4 Å². The number of Topliss-reactive ketones (excluding diaryl/α,β-unsaturated/α-hetero) is 2. The standard InChI is InChI=1S/C28H31F2NO5.C21H24F2O4.C6H7NO.CH4/c1-25-9-8-18(33)11-21(25)22(29)12-20-19-10-16-14-31(17-6-4-3-5-7-17)36-28(16,24(35)15-32)26(19,2)13-23(34)27(20,25)30;1-19-9-18(27)21(23)14(12(19)3-4-13(19)17(26)10-24)8-16(22)15-7-11(25)5-6-20(15,21)2;8-7-6-4-2-1-3-5-6;/h3-9,11,16,19-20,22-23,32,34H,10,12-15H2,1-2H3;4-7,12,14,16,18,24,27H,3,8-10H2,1-2H3;1-5,7-8H;1H4/t16-,19-,20-,22-,23-,25-,26-,27-,28-;12-,14-,16-,18-,19-,20-,21-;;/m00../s1. The Kier molecular flexibility index (Phi) is 13.8. The predicted octanol–water partition coefficient (Wildman–Crippen LogP) is 7.81. The second-order valence-corrected chi connectivity index (χ2v) is 21.9. The number of aliphatic hydroxyl groups excluding tert-OH is 4. The fourth-order valence-electron chi connectivity index (χ4n) is 15.4. The van der Waals surface area contributed by atoms with Crippen LogP contribution in [0.1, 0.15) is 73.6 Å². The van der Waals surface area contributed by atoms with Crippen molar-refractivity contribution in [2.75, 3.05) is 30.3 Å². The predicted molar refractivity (Wildman–Crippen MR) is 260 cm³/mol. The number of hydrogen-bond donors (Lipinski definition) is 6. The van der Waals surface area contributed by atoms with Crippen LogP contribution < -0.4 is 10.5 Å². The monoisotopic (exact) mass is 1000 g/mol. The number of fused-ring (bicyclic) bond motifs is 12. The lowest BCUT2D eigenvalue weighted by molar-refractivity contribution is -0.228. The van der Waals surface area contributed by atoms with Crippen molar-refractivity contribution < 1.29 is 67.2 Å².